The van der Waals surface area contributed by atoms with Gasteiger partial charge < -0.3 is 5.32 Å². The number of benzene rings is 1. The molecule has 0 heterocycles. The Morgan fingerprint density at radius 2 is 2.08 bits per heavy atom. The summed E-state index contributed by atoms with van der Waals surface area (Å²) in [7, 11) is -2.34. The van der Waals surface area contributed by atoms with Crippen molar-refractivity contribution in [2.24, 2.45) is 5.14 Å². The van der Waals surface area contributed by atoms with Crippen LogP contribution in [0.5, 0.6) is 0 Å². The highest BCUT2D eigenvalue weighted by Crippen LogP contribution is 2.20. The SMILES string of the molecule is CNc1ccc(F)cc1S(N)(=O)=O. The van der Waals surface area contributed by atoms with E-state index in [4.69, 9.17) is 5.14 Å². The van der Waals surface area contributed by atoms with Gasteiger partial charge in [-0.1, -0.05) is 0 Å². The Morgan fingerprint density at radius 1 is 1.46 bits per heavy atom. The minimum Gasteiger partial charge on any atom is -0.387 e. The maximum atomic E-state index is 12.7. The van der Waals surface area contributed by atoms with Gasteiger partial charge in [0.15, 0.2) is 0 Å². The molecule has 4 nitrogen and oxygen atoms in total. The summed E-state index contributed by atoms with van der Waals surface area (Å²) in [6.07, 6.45) is 0. The highest BCUT2D eigenvalue weighted by molar-refractivity contribution is 7.89. The van der Waals surface area contributed by atoms with Gasteiger partial charge >= 0.3 is 0 Å². The molecule has 0 spiro atoms. The van der Waals surface area contributed by atoms with Crippen molar-refractivity contribution >= 4 is 15.7 Å². The standard InChI is InChI=1S/C7H9FN2O2S/c1-10-6-3-2-5(8)4-7(6)13(9,11)12/h2-4,10H,1H3,(H2,9,11,12). The van der Waals surface area contributed by atoms with Gasteiger partial charge in [-0.3, -0.25) is 0 Å². The number of nitrogens with two attached hydrogens (primary N) is 1. The van der Waals surface area contributed by atoms with E-state index in [1.54, 1.807) is 0 Å². The monoisotopic (exact) mass is 204 g/mol. The molecule has 0 saturated heterocycles. The van der Waals surface area contributed by atoms with Crippen molar-refractivity contribution in [1.82, 2.24) is 0 Å². The topological polar surface area (TPSA) is 72.2 Å². The van der Waals surface area contributed by atoms with E-state index in [0.29, 0.717) is 0 Å². The Bertz CT molecular complexity index is 417. The van der Waals surface area contributed by atoms with Gasteiger partial charge in [0.1, 0.15) is 10.7 Å². The summed E-state index contributed by atoms with van der Waals surface area (Å²) in [5, 5.41) is 7.47. The lowest BCUT2D eigenvalue weighted by atomic mass is 10.3. The number of hydrogen-bond acceptors (Lipinski definition) is 3. The lowest BCUT2D eigenvalue weighted by Gasteiger charge is -2.06. The summed E-state index contributed by atoms with van der Waals surface area (Å²) in [6.45, 7) is 0. The summed E-state index contributed by atoms with van der Waals surface area (Å²) in [5.74, 6) is -0.636. The molecular weight excluding hydrogens is 195 g/mol. The van der Waals surface area contributed by atoms with Crippen LogP contribution in [0.2, 0.25) is 0 Å². The van der Waals surface area contributed by atoms with E-state index in [-0.39, 0.29) is 10.6 Å². The molecular formula is C7H9FN2O2S. The van der Waals surface area contributed by atoms with Crippen LogP contribution in [0.3, 0.4) is 0 Å². The van der Waals surface area contributed by atoms with E-state index in [0.717, 1.165) is 12.1 Å². The number of rotatable bonds is 2. The highest BCUT2D eigenvalue weighted by Gasteiger charge is 2.13. The Balaban J connectivity index is 3.41. The molecule has 0 saturated carbocycles. The third kappa shape index (κ3) is 2.16. The quantitative estimate of drug-likeness (QED) is 0.737. The van der Waals surface area contributed by atoms with Gasteiger partial charge in [-0.15, -0.1) is 0 Å². The molecule has 1 aromatic rings. The average Bonchev–Trinajstić information content (AvgIpc) is 2.03. The molecule has 0 aliphatic carbocycles. The van der Waals surface area contributed by atoms with E-state index >= 15 is 0 Å². The molecule has 0 aliphatic rings. The van der Waals surface area contributed by atoms with Gasteiger partial charge in [0.2, 0.25) is 10.0 Å². The number of nitrogens with one attached hydrogen (secondary N) is 1. The van der Waals surface area contributed by atoms with Gasteiger partial charge in [0, 0.05) is 7.05 Å². The van der Waals surface area contributed by atoms with Crippen molar-refractivity contribution < 1.29 is 12.8 Å². The summed E-state index contributed by atoms with van der Waals surface area (Å²) >= 11 is 0. The van der Waals surface area contributed by atoms with E-state index in [1.807, 2.05) is 0 Å². The maximum Gasteiger partial charge on any atom is 0.240 e. The number of anilines is 1. The van der Waals surface area contributed by atoms with Crippen molar-refractivity contribution in [3.63, 3.8) is 0 Å². The van der Waals surface area contributed by atoms with E-state index in [1.165, 1.54) is 13.1 Å². The molecule has 0 fully saturated rings. The molecule has 72 valence electrons. The lowest BCUT2D eigenvalue weighted by molar-refractivity contribution is 0.593. The Hall–Kier alpha value is -1.14. The zero-order valence-electron chi connectivity index (χ0n) is 6.91. The van der Waals surface area contributed by atoms with Crippen LogP contribution in [0.25, 0.3) is 0 Å². The van der Waals surface area contributed by atoms with Gasteiger partial charge in [-0.25, -0.2) is 17.9 Å². The second-order valence-electron chi connectivity index (χ2n) is 2.44. The molecule has 0 atom stereocenters. The number of hydrogen-bond donors (Lipinski definition) is 2. The molecule has 0 aliphatic heterocycles. The Labute approximate surface area is 75.6 Å². The summed E-state index contributed by atoms with van der Waals surface area (Å²) in [4.78, 5) is -0.241. The first-order valence-electron chi connectivity index (χ1n) is 3.45. The van der Waals surface area contributed by atoms with Crippen molar-refractivity contribution in [3.8, 4) is 0 Å². The van der Waals surface area contributed by atoms with Gasteiger partial charge in [-0.05, 0) is 18.2 Å². The molecule has 0 amide bonds. The van der Waals surface area contributed by atoms with Crippen molar-refractivity contribution in [1.29, 1.82) is 0 Å². The minimum atomic E-state index is -3.87. The zero-order chi connectivity index (χ0) is 10.1. The van der Waals surface area contributed by atoms with Crippen LogP contribution in [0.15, 0.2) is 23.1 Å². The molecule has 0 bridgehead atoms. The number of sulfonamides is 1. The fourth-order valence-corrected chi connectivity index (χ4v) is 1.69. The zero-order valence-corrected chi connectivity index (χ0v) is 7.73. The summed E-state index contributed by atoms with van der Waals surface area (Å²) in [5.41, 5.74) is 0.281. The normalized spacial score (nSPS) is 11.3. The van der Waals surface area contributed by atoms with Crippen LogP contribution in [0.4, 0.5) is 10.1 Å². The molecule has 0 radical (unpaired) electrons. The van der Waals surface area contributed by atoms with Crippen LogP contribution in [-0.4, -0.2) is 15.5 Å². The number of primary sulfonamides is 1. The average molecular weight is 204 g/mol. The van der Waals surface area contributed by atoms with Crippen molar-refractivity contribution in [3.05, 3.63) is 24.0 Å². The van der Waals surface area contributed by atoms with Gasteiger partial charge in [0.05, 0.1) is 5.69 Å². The van der Waals surface area contributed by atoms with E-state index in [2.05, 4.69) is 5.32 Å². The van der Waals surface area contributed by atoms with Crippen LogP contribution in [0, 0.1) is 5.82 Å². The minimum absolute atomic E-state index is 0.241. The highest BCUT2D eigenvalue weighted by atomic mass is 32.2. The first kappa shape index (κ1) is 9.94. The second kappa shape index (κ2) is 3.31. The van der Waals surface area contributed by atoms with E-state index < -0.39 is 15.8 Å². The second-order valence-corrected chi connectivity index (χ2v) is 3.97. The van der Waals surface area contributed by atoms with Crippen LogP contribution in [-0.2, 0) is 10.0 Å². The third-order valence-corrected chi connectivity index (χ3v) is 2.47. The number of halogens is 1. The fourth-order valence-electron chi connectivity index (χ4n) is 0.938. The third-order valence-electron chi connectivity index (χ3n) is 1.52. The first-order valence-corrected chi connectivity index (χ1v) is 5.00. The van der Waals surface area contributed by atoms with Gasteiger partial charge in [0.25, 0.3) is 0 Å². The Morgan fingerprint density at radius 3 is 2.54 bits per heavy atom. The largest absolute Gasteiger partial charge is 0.387 e. The van der Waals surface area contributed by atoms with Crippen LogP contribution in [0.1, 0.15) is 0 Å². The smallest absolute Gasteiger partial charge is 0.240 e. The predicted octanol–water partition coefficient (Wildman–Crippen LogP) is 0.515. The predicted molar refractivity (Wildman–Crippen MR) is 47.3 cm³/mol. The molecule has 6 heteroatoms. The fraction of sp³-hybridized carbons (Fsp3) is 0.143. The molecule has 1 aromatic carbocycles. The molecule has 1 rings (SSSR count). The van der Waals surface area contributed by atoms with Crippen molar-refractivity contribution in [2.75, 3.05) is 12.4 Å². The van der Waals surface area contributed by atoms with Crippen molar-refractivity contribution in [2.45, 2.75) is 4.90 Å². The maximum absolute atomic E-state index is 12.7. The molecule has 0 aromatic heterocycles. The Kier molecular flexibility index (Phi) is 2.53. The molecule has 3 N–H and O–H groups in total. The van der Waals surface area contributed by atoms with Crippen LogP contribution >= 0.6 is 0 Å². The molecule has 0 unspecified atom stereocenters. The first-order chi connectivity index (χ1) is 5.95. The van der Waals surface area contributed by atoms with E-state index in [9.17, 15) is 12.8 Å². The summed E-state index contributed by atoms with van der Waals surface area (Å²) in [6, 6.07) is 3.34. The molecule has 13 heavy (non-hydrogen) atoms. The van der Waals surface area contributed by atoms with Gasteiger partial charge in [-0.2, -0.15) is 0 Å². The summed E-state index contributed by atoms with van der Waals surface area (Å²) < 4.78 is 34.5. The van der Waals surface area contributed by atoms with Crippen LogP contribution < -0.4 is 10.5 Å². The lowest BCUT2D eigenvalue weighted by Crippen LogP contribution is -2.14.